The van der Waals surface area contributed by atoms with Crippen molar-refractivity contribution in [1.82, 2.24) is 39.0 Å². The fourth-order valence-electron chi connectivity index (χ4n) is 8.45. The van der Waals surface area contributed by atoms with Gasteiger partial charge in [0.2, 0.25) is 0 Å². The summed E-state index contributed by atoms with van der Waals surface area (Å²) in [6.07, 6.45) is 10.8. The van der Waals surface area contributed by atoms with Gasteiger partial charge in [0.05, 0.1) is 33.1 Å². The van der Waals surface area contributed by atoms with E-state index in [1.165, 1.54) is 0 Å². The van der Waals surface area contributed by atoms with E-state index in [0.29, 0.717) is 11.6 Å². The molecular formula is C48H28N8O. The molecule has 57 heavy (non-hydrogen) atoms. The zero-order valence-electron chi connectivity index (χ0n) is 30.2. The SMILES string of the molecule is c1cnc(-c2ccccc2-c2ccc3c(c2)c2ncccc2n3-c2ccc3oc4ccc(-n5c6cccnc6c6cccc(-c7ncccn7)c65)cc4c3c2)nc1. The van der Waals surface area contributed by atoms with Gasteiger partial charge in [-0.2, -0.15) is 0 Å². The number of fused-ring (bicyclic) bond motifs is 9. The molecule has 5 aromatic carbocycles. The summed E-state index contributed by atoms with van der Waals surface area (Å²) in [6.45, 7) is 0. The summed E-state index contributed by atoms with van der Waals surface area (Å²) in [6, 6.07) is 45.8. The third-order valence-corrected chi connectivity index (χ3v) is 10.9. The van der Waals surface area contributed by atoms with Crippen molar-refractivity contribution in [3.05, 3.63) is 171 Å². The maximum absolute atomic E-state index is 6.48. The van der Waals surface area contributed by atoms with Crippen LogP contribution in [0.25, 0.3) is 111 Å². The van der Waals surface area contributed by atoms with Crippen molar-refractivity contribution in [1.29, 1.82) is 0 Å². The van der Waals surface area contributed by atoms with Gasteiger partial charge in [-0.3, -0.25) is 9.97 Å². The molecule has 0 amide bonds. The van der Waals surface area contributed by atoms with Crippen LogP contribution in [0.5, 0.6) is 0 Å². The second-order valence-corrected chi connectivity index (χ2v) is 14.0. The van der Waals surface area contributed by atoms with E-state index in [4.69, 9.17) is 14.4 Å². The number of benzene rings is 5. The number of para-hydroxylation sites is 1. The smallest absolute Gasteiger partial charge is 0.161 e. The summed E-state index contributed by atoms with van der Waals surface area (Å²) < 4.78 is 11.0. The summed E-state index contributed by atoms with van der Waals surface area (Å²) in [5.74, 6) is 1.35. The van der Waals surface area contributed by atoms with Crippen LogP contribution in [-0.4, -0.2) is 39.0 Å². The highest BCUT2D eigenvalue weighted by molar-refractivity contribution is 6.13. The van der Waals surface area contributed by atoms with Crippen LogP contribution in [0.15, 0.2) is 175 Å². The molecule has 12 rings (SSSR count). The Kier molecular flexibility index (Phi) is 6.73. The monoisotopic (exact) mass is 732 g/mol. The van der Waals surface area contributed by atoms with Crippen molar-refractivity contribution in [2.45, 2.75) is 0 Å². The van der Waals surface area contributed by atoms with Crippen LogP contribution in [-0.2, 0) is 0 Å². The molecule has 0 saturated carbocycles. The minimum absolute atomic E-state index is 0.661. The lowest BCUT2D eigenvalue weighted by molar-refractivity contribution is 0.669. The molecule has 0 bridgehead atoms. The Bertz CT molecular complexity index is 3530. The molecule has 12 aromatic rings. The Morgan fingerprint density at radius 3 is 1.65 bits per heavy atom. The van der Waals surface area contributed by atoms with Gasteiger partial charge in [0.1, 0.15) is 11.2 Å². The number of aromatic nitrogens is 8. The first-order valence-electron chi connectivity index (χ1n) is 18.7. The maximum atomic E-state index is 6.48. The molecule has 9 heteroatoms. The summed E-state index contributed by atoms with van der Waals surface area (Å²) in [5.41, 5.74) is 13.6. The summed E-state index contributed by atoms with van der Waals surface area (Å²) in [5, 5.41) is 4.12. The standard InChI is InChI=1S/C48H28N8O/c1-2-9-33(47-51-22-6-23-52-47)32(8-1)29-14-17-39-38(26-29)45-40(12-4-21-50-45)55(39)30-15-18-42-36(27-30)37-28-31(16-19-43(37)57-42)56-41-13-5-20-49-44(41)34-10-3-11-35(46(34)56)48-53-24-7-25-54-48/h1-28H. The van der Waals surface area contributed by atoms with Gasteiger partial charge in [-0.15, -0.1) is 0 Å². The Labute approximate surface area is 324 Å². The van der Waals surface area contributed by atoms with Crippen LogP contribution in [0.4, 0.5) is 0 Å². The number of hydrogen-bond acceptors (Lipinski definition) is 7. The van der Waals surface area contributed by atoms with Crippen LogP contribution in [0.1, 0.15) is 0 Å². The molecule has 0 saturated heterocycles. The fraction of sp³-hybridized carbons (Fsp3) is 0. The number of furan rings is 1. The molecular weight excluding hydrogens is 705 g/mol. The van der Waals surface area contributed by atoms with E-state index in [0.717, 1.165) is 99.4 Å². The number of rotatable bonds is 5. The van der Waals surface area contributed by atoms with Crippen LogP contribution >= 0.6 is 0 Å². The number of hydrogen-bond donors (Lipinski definition) is 0. The molecule has 7 heterocycles. The summed E-state index contributed by atoms with van der Waals surface area (Å²) >= 11 is 0. The zero-order valence-corrected chi connectivity index (χ0v) is 30.2. The minimum Gasteiger partial charge on any atom is -0.456 e. The molecule has 0 atom stereocenters. The highest BCUT2D eigenvalue weighted by Crippen LogP contribution is 2.40. The van der Waals surface area contributed by atoms with E-state index in [9.17, 15) is 0 Å². The van der Waals surface area contributed by atoms with Gasteiger partial charge in [-0.25, -0.2) is 19.9 Å². The van der Waals surface area contributed by atoms with Crippen LogP contribution < -0.4 is 0 Å². The third-order valence-electron chi connectivity index (χ3n) is 10.9. The predicted octanol–water partition coefficient (Wildman–Crippen LogP) is 11.2. The van der Waals surface area contributed by atoms with Crippen LogP contribution in [0.2, 0.25) is 0 Å². The van der Waals surface area contributed by atoms with Gasteiger partial charge in [0, 0.05) is 81.2 Å². The third kappa shape index (κ3) is 4.76. The second kappa shape index (κ2) is 12.2. The Balaban J connectivity index is 1.05. The molecule has 0 unspecified atom stereocenters. The average molecular weight is 733 g/mol. The molecule has 0 spiro atoms. The maximum Gasteiger partial charge on any atom is 0.161 e. The molecule has 0 N–H and O–H groups in total. The second-order valence-electron chi connectivity index (χ2n) is 14.0. The van der Waals surface area contributed by atoms with E-state index in [1.807, 2.05) is 48.8 Å². The zero-order chi connectivity index (χ0) is 37.5. The van der Waals surface area contributed by atoms with Crippen molar-refractivity contribution in [3.8, 4) is 45.3 Å². The Morgan fingerprint density at radius 1 is 0.368 bits per heavy atom. The molecule has 0 aliphatic carbocycles. The van der Waals surface area contributed by atoms with E-state index in [2.05, 4.69) is 126 Å². The molecule has 0 radical (unpaired) electrons. The van der Waals surface area contributed by atoms with E-state index < -0.39 is 0 Å². The van der Waals surface area contributed by atoms with Crippen molar-refractivity contribution in [3.63, 3.8) is 0 Å². The van der Waals surface area contributed by atoms with Crippen molar-refractivity contribution >= 4 is 65.8 Å². The topological polar surface area (TPSA) is 100 Å². The first-order valence-corrected chi connectivity index (χ1v) is 18.7. The van der Waals surface area contributed by atoms with Crippen molar-refractivity contribution in [2.24, 2.45) is 0 Å². The lowest BCUT2D eigenvalue weighted by atomic mass is 9.98. The molecule has 9 nitrogen and oxygen atoms in total. The van der Waals surface area contributed by atoms with E-state index >= 15 is 0 Å². The average Bonchev–Trinajstić information content (AvgIpc) is 3.94. The molecule has 0 aliphatic rings. The largest absolute Gasteiger partial charge is 0.456 e. The normalized spacial score (nSPS) is 11.9. The highest BCUT2D eigenvalue weighted by Gasteiger charge is 2.21. The Morgan fingerprint density at radius 2 is 0.947 bits per heavy atom. The van der Waals surface area contributed by atoms with Gasteiger partial charge >= 0.3 is 0 Å². The molecule has 266 valence electrons. The summed E-state index contributed by atoms with van der Waals surface area (Å²) in [7, 11) is 0. The number of nitrogens with zero attached hydrogens (tertiary/aromatic N) is 8. The predicted molar refractivity (Wildman–Crippen MR) is 225 cm³/mol. The van der Waals surface area contributed by atoms with Crippen molar-refractivity contribution < 1.29 is 4.42 Å². The number of pyridine rings is 2. The van der Waals surface area contributed by atoms with Crippen LogP contribution in [0.3, 0.4) is 0 Å². The minimum atomic E-state index is 0.661. The van der Waals surface area contributed by atoms with Crippen molar-refractivity contribution in [2.75, 3.05) is 0 Å². The molecule has 0 aliphatic heterocycles. The fourth-order valence-corrected chi connectivity index (χ4v) is 8.45. The van der Waals surface area contributed by atoms with Gasteiger partial charge < -0.3 is 13.6 Å². The highest BCUT2D eigenvalue weighted by atomic mass is 16.3. The molecule has 0 fully saturated rings. The van der Waals surface area contributed by atoms with E-state index in [-0.39, 0.29) is 0 Å². The van der Waals surface area contributed by atoms with Gasteiger partial charge in [0.15, 0.2) is 11.6 Å². The quantitative estimate of drug-likeness (QED) is 0.174. The first kappa shape index (κ1) is 31.3. The van der Waals surface area contributed by atoms with Gasteiger partial charge in [-0.05, 0) is 102 Å². The van der Waals surface area contributed by atoms with Gasteiger partial charge in [0.25, 0.3) is 0 Å². The van der Waals surface area contributed by atoms with Gasteiger partial charge in [-0.1, -0.05) is 42.5 Å². The van der Waals surface area contributed by atoms with E-state index in [1.54, 1.807) is 24.8 Å². The lowest BCUT2D eigenvalue weighted by Gasteiger charge is -2.11. The first-order chi connectivity index (χ1) is 28.3. The lowest BCUT2D eigenvalue weighted by Crippen LogP contribution is -1.97. The summed E-state index contributed by atoms with van der Waals surface area (Å²) in [4.78, 5) is 28.1. The Hall–Kier alpha value is -8.04. The molecule has 7 aromatic heterocycles. The van der Waals surface area contributed by atoms with Crippen LogP contribution in [0, 0.1) is 0 Å².